The van der Waals surface area contributed by atoms with Gasteiger partial charge in [-0.1, -0.05) is 4.49 Å². The van der Waals surface area contributed by atoms with Crippen molar-refractivity contribution in [1.29, 1.82) is 0 Å². The summed E-state index contributed by atoms with van der Waals surface area (Å²) in [5.41, 5.74) is 1.07. The minimum Gasteiger partial charge on any atom is -0.478 e. The van der Waals surface area contributed by atoms with Crippen LogP contribution in [0.2, 0.25) is 0 Å². The van der Waals surface area contributed by atoms with Gasteiger partial charge in [0.25, 0.3) is 0 Å². The molecule has 7 heteroatoms. The molecule has 0 atom stereocenters. The number of carbonyl (C=O) groups is 1. The van der Waals surface area contributed by atoms with Crippen molar-refractivity contribution in [3.05, 3.63) is 30.0 Å². The van der Waals surface area contributed by atoms with E-state index in [9.17, 15) is 4.79 Å². The number of aromatic carboxylic acids is 1. The Balaban J connectivity index is 2.16. The lowest BCUT2D eigenvalue weighted by molar-refractivity contribution is 0.0697. The van der Waals surface area contributed by atoms with Crippen molar-refractivity contribution in [1.82, 2.24) is 14.6 Å². The Labute approximate surface area is 104 Å². The first kappa shape index (κ1) is 10.3. The maximum atomic E-state index is 10.8. The lowest BCUT2D eigenvalue weighted by atomic mass is 10.2. The molecule has 3 rings (SSSR count). The third-order valence-electron chi connectivity index (χ3n) is 2.21. The number of nitrogens with zero attached hydrogens (tertiary/aromatic N) is 3. The fraction of sp³-hybridized carbons (Fsp3) is 0. The first-order valence-corrected chi connectivity index (χ1v) is 6.24. The number of carboxylic acid groups (broad SMARTS) is 1. The number of carboxylic acids is 1. The van der Waals surface area contributed by atoms with Gasteiger partial charge in [0.05, 0.1) is 22.0 Å². The van der Waals surface area contributed by atoms with Gasteiger partial charge in [-0.25, -0.2) is 9.78 Å². The Morgan fingerprint density at radius 1 is 1.35 bits per heavy atom. The van der Waals surface area contributed by atoms with Gasteiger partial charge in [-0.15, -0.1) is 16.4 Å². The smallest absolute Gasteiger partial charge is 0.335 e. The van der Waals surface area contributed by atoms with E-state index in [1.165, 1.54) is 22.9 Å². The van der Waals surface area contributed by atoms with E-state index in [0.717, 1.165) is 20.1 Å². The van der Waals surface area contributed by atoms with E-state index < -0.39 is 5.97 Å². The minimum absolute atomic E-state index is 0.273. The van der Waals surface area contributed by atoms with Gasteiger partial charge in [0, 0.05) is 0 Å². The van der Waals surface area contributed by atoms with Crippen molar-refractivity contribution < 1.29 is 9.90 Å². The zero-order chi connectivity index (χ0) is 11.8. The molecule has 17 heavy (non-hydrogen) atoms. The van der Waals surface area contributed by atoms with Crippen LogP contribution in [0.25, 0.3) is 20.1 Å². The van der Waals surface area contributed by atoms with E-state index in [1.807, 2.05) is 0 Å². The zero-order valence-electron chi connectivity index (χ0n) is 8.32. The van der Waals surface area contributed by atoms with Gasteiger partial charge in [-0.2, -0.15) is 0 Å². The largest absolute Gasteiger partial charge is 0.478 e. The van der Waals surface area contributed by atoms with E-state index in [1.54, 1.807) is 24.4 Å². The average molecular weight is 263 g/mol. The maximum absolute atomic E-state index is 10.8. The number of fused-ring (bicyclic) bond motifs is 1. The maximum Gasteiger partial charge on any atom is 0.335 e. The number of rotatable bonds is 2. The van der Waals surface area contributed by atoms with Crippen LogP contribution < -0.4 is 0 Å². The van der Waals surface area contributed by atoms with Crippen LogP contribution in [0.3, 0.4) is 0 Å². The summed E-state index contributed by atoms with van der Waals surface area (Å²) < 4.78 is 4.63. The molecule has 0 aliphatic heterocycles. The van der Waals surface area contributed by atoms with Crippen LogP contribution in [0.4, 0.5) is 0 Å². The quantitative estimate of drug-likeness (QED) is 0.768. The summed E-state index contributed by atoms with van der Waals surface area (Å²) in [4.78, 5) is 16.1. The summed E-state index contributed by atoms with van der Waals surface area (Å²) in [6, 6.07) is 4.90. The Morgan fingerprint density at radius 2 is 2.24 bits per heavy atom. The molecule has 84 valence electrons. The van der Waals surface area contributed by atoms with Crippen LogP contribution in [0.15, 0.2) is 24.4 Å². The highest BCUT2D eigenvalue weighted by Gasteiger charge is 2.10. The van der Waals surface area contributed by atoms with Crippen molar-refractivity contribution in [3.8, 4) is 9.88 Å². The molecule has 0 saturated carbocycles. The lowest BCUT2D eigenvalue weighted by Crippen LogP contribution is -1.94. The highest BCUT2D eigenvalue weighted by molar-refractivity contribution is 7.24. The fourth-order valence-electron chi connectivity index (χ4n) is 1.42. The molecule has 0 aliphatic rings. The van der Waals surface area contributed by atoms with Crippen LogP contribution >= 0.6 is 22.9 Å². The number of aromatic nitrogens is 3. The molecule has 2 heterocycles. The Hall–Kier alpha value is -1.86. The molecule has 0 aliphatic carbocycles. The topological polar surface area (TPSA) is 76.0 Å². The Kier molecular flexibility index (Phi) is 2.34. The van der Waals surface area contributed by atoms with Crippen molar-refractivity contribution in [2.75, 3.05) is 0 Å². The molecule has 0 amide bonds. The molecule has 1 aromatic carbocycles. The summed E-state index contributed by atoms with van der Waals surface area (Å²) in [6.07, 6.45) is 1.65. The van der Waals surface area contributed by atoms with Crippen LogP contribution in [-0.4, -0.2) is 25.6 Å². The third-order valence-corrected chi connectivity index (χ3v) is 4.06. The third kappa shape index (κ3) is 1.79. The molecule has 0 radical (unpaired) electrons. The molecule has 0 spiro atoms. The molecule has 2 aromatic heterocycles. The average Bonchev–Trinajstić information content (AvgIpc) is 2.96. The number of thiazole rings is 1. The van der Waals surface area contributed by atoms with Crippen LogP contribution in [0.5, 0.6) is 0 Å². The van der Waals surface area contributed by atoms with Gasteiger partial charge in [-0.3, -0.25) is 0 Å². The van der Waals surface area contributed by atoms with Crippen LogP contribution in [-0.2, 0) is 0 Å². The normalized spacial score (nSPS) is 10.8. The van der Waals surface area contributed by atoms with E-state index in [0.29, 0.717) is 0 Å². The lowest BCUT2D eigenvalue weighted by Gasteiger charge is -1.91. The van der Waals surface area contributed by atoms with Gasteiger partial charge >= 0.3 is 5.97 Å². The molecule has 5 nitrogen and oxygen atoms in total. The summed E-state index contributed by atoms with van der Waals surface area (Å²) in [6.45, 7) is 0. The molecular formula is C10H5N3O2S2. The molecule has 3 aromatic rings. The van der Waals surface area contributed by atoms with Gasteiger partial charge in [0.15, 0.2) is 0 Å². The highest BCUT2D eigenvalue weighted by Crippen LogP contribution is 2.31. The van der Waals surface area contributed by atoms with Gasteiger partial charge in [-0.05, 0) is 29.7 Å². The standard InChI is InChI=1S/C10H5N3O2S2/c14-10(15)5-1-2-6-7(3-5)16-9(12-6)8-4-11-13-17-8/h1-4H,(H,14,15). The van der Waals surface area contributed by atoms with E-state index in [2.05, 4.69) is 14.6 Å². The zero-order valence-corrected chi connectivity index (χ0v) is 9.96. The molecule has 0 fully saturated rings. The number of hydrogen-bond donors (Lipinski definition) is 1. The van der Waals surface area contributed by atoms with Gasteiger partial charge in [0.1, 0.15) is 9.88 Å². The van der Waals surface area contributed by atoms with Crippen molar-refractivity contribution in [2.45, 2.75) is 0 Å². The summed E-state index contributed by atoms with van der Waals surface area (Å²) in [5, 5.41) is 13.5. The summed E-state index contributed by atoms with van der Waals surface area (Å²) >= 11 is 2.71. The van der Waals surface area contributed by atoms with E-state index in [4.69, 9.17) is 5.11 Å². The van der Waals surface area contributed by atoms with E-state index in [-0.39, 0.29) is 5.56 Å². The van der Waals surface area contributed by atoms with Gasteiger partial charge < -0.3 is 5.11 Å². The second-order valence-corrected chi connectivity index (χ2v) is 5.10. The van der Waals surface area contributed by atoms with E-state index >= 15 is 0 Å². The number of hydrogen-bond acceptors (Lipinski definition) is 6. The predicted octanol–water partition coefficient (Wildman–Crippen LogP) is 2.51. The van der Waals surface area contributed by atoms with Crippen LogP contribution in [0, 0.1) is 0 Å². The fourth-order valence-corrected chi connectivity index (χ4v) is 2.97. The molecule has 0 unspecified atom stereocenters. The predicted molar refractivity (Wildman–Crippen MR) is 65.5 cm³/mol. The SMILES string of the molecule is O=C(O)c1ccc2nc(-c3cnns3)sc2c1. The molecule has 1 N–H and O–H groups in total. The van der Waals surface area contributed by atoms with Crippen molar-refractivity contribution in [2.24, 2.45) is 0 Å². The Bertz CT molecular complexity index is 691. The van der Waals surface area contributed by atoms with Crippen molar-refractivity contribution >= 4 is 39.1 Å². The second-order valence-electron chi connectivity index (χ2n) is 3.29. The second kappa shape index (κ2) is 3.86. The monoisotopic (exact) mass is 263 g/mol. The molecule has 0 saturated heterocycles. The summed E-state index contributed by atoms with van der Waals surface area (Å²) in [7, 11) is 0. The molecular weight excluding hydrogens is 258 g/mol. The van der Waals surface area contributed by atoms with Crippen molar-refractivity contribution in [3.63, 3.8) is 0 Å². The first-order chi connectivity index (χ1) is 8.24. The van der Waals surface area contributed by atoms with Crippen LogP contribution in [0.1, 0.15) is 10.4 Å². The number of benzene rings is 1. The Morgan fingerprint density at radius 3 is 2.94 bits per heavy atom. The minimum atomic E-state index is -0.929. The van der Waals surface area contributed by atoms with Gasteiger partial charge in [0.2, 0.25) is 0 Å². The molecule has 0 bridgehead atoms. The highest BCUT2D eigenvalue weighted by atomic mass is 32.1. The first-order valence-electron chi connectivity index (χ1n) is 4.65. The summed E-state index contributed by atoms with van der Waals surface area (Å²) in [5.74, 6) is -0.929.